The molecule has 1 unspecified atom stereocenters. The second-order valence-corrected chi connectivity index (χ2v) is 10.7. The van der Waals surface area contributed by atoms with Crippen molar-refractivity contribution in [1.29, 1.82) is 0 Å². The zero-order valence-corrected chi connectivity index (χ0v) is 21.2. The lowest BCUT2D eigenvalue weighted by atomic mass is 9.83. The molecule has 2 N–H and O–H groups in total. The Kier molecular flexibility index (Phi) is 9.30. The van der Waals surface area contributed by atoms with Gasteiger partial charge in [-0.3, -0.25) is 4.98 Å². The van der Waals surface area contributed by atoms with Gasteiger partial charge in [-0.2, -0.15) is 11.8 Å². The summed E-state index contributed by atoms with van der Waals surface area (Å²) in [7, 11) is 0. The van der Waals surface area contributed by atoms with Crippen LogP contribution in [0.5, 0.6) is 5.75 Å². The number of hydrogen-bond donors (Lipinski definition) is 2. The molecular weight excluding hydrogens is 432 g/mol. The van der Waals surface area contributed by atoms with Gasteiger partial charge in [0.05, 0.1) is 18.3 Å². The predicted octanol–water partition coefficient (Wildman–Crippen LogP) is 6.11. The molecule has 7 heteroatoms. The molecule has 1 aliphatic heterocycles. The zero-order chi connectivity index (χ0) is 23.7. The number of benzene rings is 1. The van der Waals surface area contributed by atoms with E-state index in [1.807, 2.05) is 36.2 Å². The van der Waals surface area contributed by atoms with Crippen LogP contribution in [0.3, 0.4) is 0 Å². The van der Waals surface area contributed by atoms with Gasteiger partial charge in [0.25, 0.3) is 0 Å². The Bertz CT molecular complexity index is 880. The van der Waals surface area contributed by atoms with Gasteiger partial charge in [-0.05, 0) is 35.6 Å². The Morgan fingerprint density at radius 1 is 1.21 bits per heavy atom. The number of aromatic nitrogens is 1. The molecule has 1 aliphatic rings. The SMILES string of the molecule is CCCCCOc1cc(N2CCSCC2)ccc1NC(=O)NC(c1cccnc1)C(C)(C)C. The number of anilines is 2. The van der Waals surface area contributed by atoms with Crippen LogP contribution in [0.1, 0.15) is 58.6 Å². The highest BCUT2D eigenvalue weighted by Gasteiger charge is 2.28. The highest BCUT2D eigenvalue weighted by Crippen LogP contribution is 2.34. The Morgan fingerprint density at radius 3 is 2.67 bits per heavy atom. The molecule has 2 amide bonds. The number of carbonyl (C=O) groups excluding carboxylic acids is 1. The van der Waals surface area contributed by atoms with Gasteiger partial charge in [0.1, 0.15) is 5.75 Å². The summed E-state index contributed by atoms with van der Waals surface area (Å²) >= 11 is 1.99. The van der Waals surface area contributed by atoms with Gasteiger partial charge < -0.3 is 20.3 Å². The minimum atomic E-state index is -0.251. The van der Waals surface area contributed by atoms with Crippen LogP contribution in [0.4, 0.5) is 16.2 Å². The fourth-order valence-electron chi connectivity index (χ4n) is 3.92. The fraction of sp³-hybridized carbons (Fsp3) is 0.538. The maximum Gasteiger partial charge on any atom is 0.319 e. The lowest BCUT2D eigenvalue weighted by molar-refractivity contribution is 0.229. The molecule has 1 fully saturated rings. The van der Waals surface area contributed by atoms with Gasteiger partial charge in [0.15, 0.2) is 0 Å². The van der Waals surface area contributed by atoms with E-state index >= 15 is 0 Å². The van der Waals surface area contributed by atoms with Crippen molar-refractivity contribution in [3.05, 3.63) is 48.3 Å². The molecule has 3 rings (SSSR count). The number of ether oxygens (including phenoxy) is 1. The van der Waals surface area contributed by atoms with E-state index in [-0.39, 0.29) is 17.5 Å². The minimum Gasteiger partial charge on any atom is -0.491 e. The third kappa shape index (κ3) is 7.56. The van der Waals surface area contributed by atoms with Crippen molar-refractivity contribution in [3.63, 3.8) is 0 Å². The summed E-state index contributed by atoms with van der Waals surface area (Å²) < 4.78 is 6.14. The first-order valence-corrected chi connectivity index (χ1v) is 13.1. The summed E-state index contributed by atoms with van der Waals surface area (Å²) in [6.45, 7) is 11.2. The van der Waals surface area contributed by atoms with Crippen molar-refractivity contribution in [2.75, 3.05) is 41.4 Å². The number of nitrogens with zero attached hydrogens (tertiary/aromatic N) is 2. The molecule has 1 aromatic heterocycles. The first-order chi connectivity index (χ1) is 15.9. The number of amides is 2. The second-order valence-electron chi connectivity index (χ2n) is 9.52. The lowest BCUT2D eigenvalue weighted by Gasteiger charge is -2.32. The summed E-state index contributed by atoms with van der Waals surface area (Å²) in [4.78, 5) is 19.7. The topological polar surface area (TPSA) is 66.5 Å². The standard InChI is InChI=1S/C26H38N4O2S/c1-5-6-7-15-32-23-18-21(30-13-16-33-17-14-30)10-11-22(23)28-25(31)29-24(26(2,3)4)20-9-8-12-27-19-20/h8-12,18-19,24H,5-7,13-17H2,1-4H3,(H2,28,29,31). The normalized spacial score (nSPS) is 15.1. The molecule has 1 atom stereocenters. The smallest absolute Gasteiger partial charge is 0.319 e. The van der Waals surface area contributed by atoms with E-state index in [9.17, 15) is 4.79 Å². The molecule has 0 spiro atoms. The lowest BCUT2D eigenvalue weighted by Crippen LogP contribution is -2.39. The van der Waals surface area contributed by atoms with Gasteiger partial charge in [-0.25, -0.2) is 4.79 Å². The van der Waals surface area contributed by atoms with Crippen molar-refractivity contribution in [2.24, 2.45) is 5.41 Å². The average molecular weight is 471 g/mol. The van der Waals surface area contributed by atoms with Crippen LogP contribution in [-0.2, 0) is 0 Å². The fourth-order valence-corrected chi connectivity index (χ4v) is 4.83. The molecule has 2 aromatic rings. The van der Waals surface area contributed by atoms with Crippen molar-refractivity contribution < 1.29 is 9.53 Å². The molecule has 6 nitrogen and oxygen atoms in total. The van der Waals surface area contributed by atoms with Gasteiger partial charge in [-0.15, -0.1) is 0 Å². The Balaban J connectivity index is 1.75. The molecule has 33 heavy (non-hydrogen) atoms. The van der Waals surface area contributed by atoms with Crippen molar-refractivity contribution in [1.82, 2.24) is 10.3 Å². The van der Waals surface area contributed by atoms with Crippen LogP contribution in [0.2, 0.25) is 0 Å². The maximum absolute atomic E-state index is 13.0. The van der Waals surface area contributed by atoms with Crippen LogP contribution in [-0.4, -0.2) is 42.2 Å². The summed E-state index contributed by atoms with van der Waals surface area (Å²) in [6, 6.07) is 9.57. The Labute approximate surface area is 202 Å². The van der Waals surface area contributed by atoms with Gasteiger partial charge in [0, 0.05) is 48.7 Å². The number of hydrogen-bond acceptors (Lipinski definition) is 5. The van der Waals surface area contributed by atoms with E-state index in [1.165, 1.54) is 0 Å². The van der Waals surface area contributed by atoms with Crippen molar-refractivity contribution in [3.8, 4) is 5.75 Å². The predicted molar refractivity (Wildman–Crippen MR) is 140 cm³/mol. The van der Waals surface area contributed by atoms with Crippen LogP contribution in [0.15, 0.2) is 42.7 Å². The molecule has 0 saturated carbocycles. The van der Waals surface area contributed by atoms with Crippen LogP contribution in [0.25, 0.3) is 0 Å². The molecule has 2 heterocycles. The minimum absolute atomic E-state index is 0.171. The quantitative estimate of drug-likeness (QED) is 0.433. The third-order valence-electron chi connectivity index (χ3n) is 5.75. The first-order valence-electron chi connectivity index (χ1n) is 12.0. The molecule has 1 aromatic carbocycles. The largest absolute Gasteiger partial charge is 0.491 e. The highest BCUT2D eigenvalue weighted by atomic mass is 32.2. The van der Waals surface area contributed by atoms with E-state index in [2.05, 4.69) is 60.3 Å². The number of urea groups is 1. The van der Waals surface area contributed by atoms with Crippen LogP contribution < -0.4 is 20.3 Å². The van der Waals surface area contributed by atoms with Gasteiger partial charge in [-0.1, -0.05) is 46.6 Å². The number of nitrogens with one attached hydrogen (secondary N) is 2. The second kappa shape index (κ2) is 12.2. The van der Waals surface area contributed by atoms with E-state index in [0.29, 0.717) is 12.3 Å². The highest BCUT2D eigenvalue weighted by molar-refractivity contribution is 7.99. The van der Waals surface area contributed by atoms with Crippen molar-refractivity contribution in [2.45, 2.75) is 53.0 Å². The number of pyridine rings is 1. The van der Waals surface area contributed by atoms with Crippen LogP contribution >= 0.6 is 11.8 Å². The van der Waals surface area contributed by atoms with Crippen LogP contribution in [0, 0.1) is 5.41 Å². The van der Waals surface area contributed by atoms with E-state index < -0.39 is 0 Å². The van der Waals surface area contributed by atoms with E-state index in [1.54, 1.807) is 6.20 Å². The van der Waals surface area contributed by atoms with Crippen molar-refractivity contribution >= 4 is 29.2 Å². The molecule has 1 saturated heterocycles. The summed E-state index contributed by atoms with van der Waals surface area (Å²) in [5.74, 6) is 3.00. The number of carbonyl (C=O) groups is 1. The number of unbranched alkanes of at least 4 members (excludes halogenated alkanes) is 2. The van der Waals surface area contributed by atoms with Gasteiger partial charge >= 0.3 is 6.03 Å². The van der Waals surface area contributed by atoms with E-state index in [0.717, 1.165) is 60.9 Å². The molecule has 180 valence electrons. The Morgan fingerprint density at radius 2 is 2.00 bits per heavy atom. The monoisotopic (exact) mass is 470 g/mol. The summed E-state index contributed by atoms with van der Waals surface area (Å²) in [6.07, 6.45) is 6.83. The third-order valence-corrected chi connectivity index (χ3v) is 6.70. The molecule has 0 radical (unpaired) electrons. The van der Waals surface area contributed by atoms with Gasteiger partial charge in [0.2, 0.25) is 0 Å². The average Bonchev–Trinajstić information content (AvgIpc) is 2.81. The number of rotatable bonds is 9. The zero-order valence-electron chi connectivity index (χ0n) is 20.4. The maximum atomic E-state index is 13.0. The molecule has 0 bridgehead atoms. The summed E-state index contributed by atoms with van der Waals surface area (Å²) in [5.41, 5.74) is 2.65. The number of thioether (sulfide) groups is 1. The molecule has 0 aliphatic carbocycles. The first kappa shape index (κ1) is 25.2. The summed E-state index contributed by atoms with van der Waals surface area (Å²) in [5, 5.41) is 6.18. The molecular formula is C26H38N4O2S. The Hall–Kier alpha value is -2.41. The van der Waals surface area contributed by atoms with E-state index in [4.69, 9.17) is 4.74 Å².